The molecule has 3 rings (SSSR count). The van der Waals surface area contributed by atoms with Crippen molar-refractivity contribution in [3.63, 3.8) is 0 Å². The average molecular weight is 412 g/mol. The van der Waals surface area contributed by atoms with Crippen LogP contribution in [0.1, 0.15) is 39.1 Å². The molecule has 160 valence electrons. The number of hydrogen-bond acceptors (Lipinski definition) is 4. The van der Waals surface area contributed by atoms with Gasteiger partial charge in [-0.1, -0.05) is 18.2 Å². The lowest BCUT2D eigenvalue weighted by Crippen LogP contribution is -2.47. The van der Waals surface area contributed by atoms with E-state index in [1.807, 2.05) is 42.2 Å². The number of hydrogen-bond donors (Lipinski definition) is 2. The van der Waals surface area contributed by atoms with E-state index in [1.54, 1.807) is 12.1 Å². The monoisotopic (exact) mass is 411 g/mol. The van der Waals surface area contributed by atoms with Gasteiger partial charge in [-0.3, -0.25) is 14.4 Å². The molecule has 7 nitrogen and oxygen atoms in total. The first kappa shape index (κ1) is 23.1. The summed E-state index contributed by atoms with van der Waals surface area (Å²) in [5.41, 5.74) is 9.56. The second-order valence-corrected chi connectivity index (χ2v) is 7.59. The molecule has 0 spiro atoms. The van der Waals surface area contributed by atoms with Crippen LogP contribution in [0.15, 0.2) is 42.5 Å². The first-order chi connectivity index (χ1) is 14.3. The lowest BCUT2D eigenvalue weighted by atomic mass is 9.96. The standard InChI is InChI=1S/C22H27N3O2.CH2O2/c1-15-6-7-18(21(23)26)13-20(15)16-8-10-17(11-9-16)22(27)25-12-4-5-19(14-25)24(2)3;2-1-3/h6-11,13,19H,4-5,12,14H2,1-3H3,(H2,23,26);1H,(H,2,3). The predicted molar refractivity (Wildman–Crippen MR) is 116 cm³/mol. The maximum absolute atomic E-state index is 12.9. The number of benzene rings is 2. The number of aryl methyl sites for hydroxylation is 1. The van der Waals surface area contributed by atoms with Crippen molar-refractivity contribution in [2.75, 3.05) is 27.2 Å². The molecule has 30 heavy (non-hydrogen) atoms. The van der Waals surface area contributed by atoms with Crippen molar-refractivity contribution in [2.24, 2.45) is 5.73 Å². The highest BCUT2D eigenvalue weighted by atomic mass is 16.3. The summed E-state index contributed by atoms with van der Waals surface area (Å²) in [4.78, 5) is 36.8. The van der Waals surface area contributed by atoms with Crippen molar-refractivity contribution < 1.29 is 19.5 Å². The Balaban J connectivity index is 0.00000101. The third kappa shape index (κ3) is 5.67. The van der Waals surface area contributed by atoms with Gasteiger partial charge in [0.05, 0.1) is 0 Å². The summed E-state index contributed by atoms with van der Waals surface area (Å²) in [7, 11) is 4.13. The Morgan fingerprint density at radius 2 is 1.73 bits per heavy atom. The van der Waals surface area contributed by atoms with Gasteiger partial charge in [0.1, 0.15) is 0 Å². The van der Waals surface area contributed by atoms with Crippen molar-refractivity contribution in [3.05, 3.63) is 59.2 Å². The molecule has 2 aromatic rings. The van der Waals surface area contributed by atoms with Crippen molar-refractivity contribution in [2.45, 2.75) is 25.8 Å². The minimum Gasteiger partial charge on any atom is -0.483 e. The Kier molecular flexibility index (Phi) is 8.12. The van der Waals surface area contributed by atoms with Gasteiger partial charge in [-0.05, 0) is 74.8 Å². The Labute approximate surface area is 177 Å². The zero-order valence-electron chi connectivity index (χ0n) is 17.7. The number of likely N-dealkylation sites (tertiary alicyclic amines) is 1. The zero-order chi connectivity index (χ0) is 22.3. The van der Waals surface area contributed by atoms with Gasteiger partial charge >= 0.3 is 0 Å². The van der Waals surface area contributed by atoms with E-state index in [1.165, 1.54) is 0 Å². The number of carbonyl (C=O) groups excluding carboxylic acids is 2. The molecule has 0 bridgehead atoms. The van der Waals surface area contributed by atoms with Crippen LogP contribution in [0.25, 0.3) is 11.1 Å². The van der Waals surface area contributed by atoms with Gasteiger partial charge in [-0.15, -0.1) is 0 Å². The third-order valence-corrected chi connectivity index (χ3v) is 5.38. The first-order valence-electron chi connectivity index (χ1n) is 9.83. The molecule has 0 aliphatic carbocycles. The number of nitrogens with two attached hydrogens (primary N) is 1. The van der Waals surface area contributed by atoms with Crippen molar-refractivity contribution >= 4 is 18.3 Å². The number of likely N-dealkylation sites (N-methyl/N-ethyl adjacent to an activating group) is 1. The summed E-state index contributed by atoms with van der Waals surface area (Å²) in [6.45, 7) is 3.33. The van der Waals surface area contributed by atoms with Crippen LogP contribution in [-0.2, 0) is 4.79 Å². The molecule has 0 radical (unpaired) electrons. The Morgan fingerprint density at radius 1 is 1.13 bits per heavy atom. The molecule has 1 unspecified atom stereocenters. The van der Waals surface area contributed by atoms with E-state index in [2.05, 4.69) is 19.0 Å². The second-order valence-electron chi connectivity index (χ2n) is 7.59. The van der Waals surface area contributed by atoms with Crippen LogP contribution in [0, 0.1) is 6.92 Å². The molecule has 0 saturated carbocycles. The molecule has 7 heteroatoms. The molecular formula is C23H29N3O4. The highest BCUT2D eigenvalue weighted by molar-refractivity contribution is 5.96. The third-order valence-electron chi connectivity index (χ3n) is 5.38. The number of carboxylic acid groups (broad SMARTS) is 1. The van der Waals surface area contributed by atoms with Gasteiger partial charge in [0.25, 0.3) is 12.4 Å². The fourth-order valence-electron chi connectivity index (χ4n) is 3.62. The second kappa shape index (κ2) is 10.5. The van der Waals surface area contributed by atoms with E-state index >= 15 is 0 Å². The summed E-state index contributed by atoms with van der Waals surface area (Å²) in [5, 5.41) is 6.89. The Bertz CT molecular complexity index is 894. The minimum atomic E-state index is -0.441. The van der Waals surface area contributed by atoms with Gasteiger partial charge in [0.2, 0.25) is 5.91 Å². The van der Waals surface area contributed by atoms with Crippen LogP contribution in [0.3, 0.4) is 0 Å². The van der Waals surface area contributed by atoms with Gasteiger partial charge < -0.3 is 20.6 Å². The summed E-state index contributed by atoms with van der Waals surface area (Å²) in [6.07, 6.45) is 2.16. The van der Waals surface area contributed by atoms with Crippen LogP contribution in [0.2, 0.25) is 0 Å². The predicted octanol–water partition coefficient (Wildman–Crippen LogP) is 2.63. The van der Waals surface area contributed by atoms with E-state index in [0.29, 0.717) is 17.2 Å². The van der Waals surface area contributed by atoms with Crippen LogP contribution < -0.4 is 5.73 Å². The average Bonchev–Trinajstić information content (AvgIpc) is 2.74. The quantitative estimate of drug-likeness (QED) is 0.753. The largest absolute Gasteiger partial charge is 0.483 e. The fourth-order valence-corrected chi connectivity index (χ4v) is 3.62. The molecule has 1 aliphatic rings. The van der Waals surface area contributed by atoms with Crippen LogP contribution >= 0.6 is 0 Å². The maximum atomic E-state index is 12.9. The number of amides is 2. The zero-order valence-corrected chi connectivity index (χ0v) is 17.7. The van der Waals surface area contributed by atoms with E-state index in [9.17, 15) is 9.59 Å². The number of nitrogens with zero attached hydrogens (tertiary/aromatic N) is 2. The maximum Gasteiger partial charge on any atom is 0.290 e. The molecule has 1 aliphatic heterocycles. The van der Waals surface area contributed by atoms with E-state index in [-0.39, 0.29) is 12.4 Å². The highest BCUT2D eigenvalue weighted by Crippen LogP contribution is 2.26. The summed E-state index contributed by atoms with van der Waals surface area (Å²) < 4.78 is 0. The smallest absolute Gasteiger partial charge is 0.290 e. The van der Waals surface area contributed by atoms with Gasteiger partial charge in [-0.25, -0.2) is 0 Å². The Morgan fingerprint density at radius 3 is 2.30 bits per heavy atom. The SMILES string of the molecule is Cc1ccc(C(N)=O)cc1-c1ccc(C(=O)N2CCCC(N(C)C)C2)cc1.O=CO. The molecule has 1 heterocycles. The minimum absolute atomic E-state index is 0.0794. The molecule has 2 aromatic carbocycles. The van der Waals surface area contributed by atoms with Crippen molar-refractivity contribution in [3.8, 4) is 11.1 Å². The van der Waals surface area contributed by atoms with Crippen molar-refractivity contribution in [1.29, 1.82) is 0 Å². The number of piperidine rings is 1. The molecule has 1 atom stereocenters. The summed E-state index contributed by atoms with van der Waals surface area (Å²) in [6, 6.07) is 13.5. The van der Waals surface area contributed by atoms with Crippen LogP contribution in [0.4, 0.5) is 0 Å². The number of primary amides is 1. The molecular weight excluding hydrogens is 382 g/mol. The van der Waals surface area contributed by atoms with Crippen molar-refractivity contribution in [1.82, 2.24) is 9.80 Å². The molecule has 1 fully saturated rings. The highest BCUT2D eigenvalue weighted by Gasteiger charge is 2.25. The van der Waals surface area contributed by atoms with Gasteiger partial charge in [0.15, 0.2) is 0 Å². The lowest BCUT2D eigenvalue weighted by molar-refractivity contribution is -0.122. The van der Waals surface area contributed by atoms with E-state index < -0.39 is 5.91 Å². The molecule has 3 N–H and O–H groups in total. The van der Waals surface area contributed by atoms with Crippen LogP contribution in [0.5, 0.6) is 0 Å². The summed E-state index contributed by atoms with van der Waals surface area (Å²) >= 11 is 0. The van der Waals surface area contributed by atoms with Gasteiger partial charge in [0, 0.05) is 30.3 Å². The van der Waals surface area contributed by atoms with Crippen LogP contribution in [-0.4, -0.2) is 66.4 Å². The van der Waals surface area contributed by atoms with E-state index in [0.717, 1.165) is 42.6 Å². The van der Waals surface area contributed by atoms with E-state index in [4.69, 9.17) is 15.6 Å². The first-order valence-corrected chi connectivity index (χ1v) is 9.83. The molecule has 0 aromatic heterocycles. The lowest BCUT2D eigenvalue weighted by Gasteiger charge is -2.36. The Hall–Kier alpha value is -3.19. The molecule has 1 saturated heterocycles. The van der Waals surface area contributed by atoms with Gasteiger partial charge in [-0.2, -0.15) is 0 Å². The topological polar surface area (TPSA) is 104 Å². The number of carbonyl (C=O) groups is 3. The molecule has 2 amide bonds. The normalized spacial score (nSPS) is 15.9. The number of rotatable bonds is 4. The summed E-state index contributed by atoms with van der Waals surface area (Å²) in [5.74, 6) is -0.362. The fraction of sp³-hybridized carbons (Fsp3) is 0.348.